The third-order valence-electron chi connectivity index (χ3n) is 3.09. The Hall–Kier alpha value is -1.62. The van der Waals surface area contributed by atoms with Crippen molar-refractivity contribution < 1.29 is 4.79 Å². The van der Waals surface area contributed by atoms with E-state index >= 15 is 0 Å². The summed E-state index contributed by atoms with van der Waals surface area (Å²) in [5.74, 6) is -0.157. The van der Waals surface area contributed by atoms with E-state index in [4.69, 9.17) is 5.73 Å². The minimum absolute atomic E-state index is 0. The van der Waals surface area contributed by atoms with Crippen LogP contribution in [-0.4, -0.2) is 23.0 Å². The highest BCUT2D eigenvalue weighted by Gasteiger charge is 2.14. The summed E-state index contributed by atoms with van der Waals surface area (Å²) in [7, 11) is 0. The number of aryl methyl sites for hydroxylation is 1. The van der Waals surface area contributed by atoms with Crippen molar-refractivity contribution in [2.45, 2.75) is 26.3 Å². The van der Waals surface area contributed by atoms with Crippen molar-refractivity contribution in [1.82, 2.24) is 10.3 Å². The van der Waals surface area contributed by atoms with Crippen LogP contribution in [0.4, 0.5) is 0 Å². The highest BCUT2D eigenvalue weighted by molar-refractivity contribution is 5.95. The molecule has 23 heavy (non-hydrogen) atoms. The molecule has 1 aromatic carbocycles. The Morgan fingerprint density at radius 1 is 1.13 bits per heavy atom. The van der Waals surface area contributed by atoms with Gasteiger partial charge in [-0.05, 0) is 32.4 Å². The topological polar surface area (TPSA) is 68.0 Å². The van der Waals surface area contributed by atoms with Crippen molar-refractivity contribution in [3.05, 3.63) is 53.9 Å². The van der Waals surface area contributed by atoms with Crippen LogP contribution in [0.3, 0.4) is 0 Å². The molecule has 6 heteroatoms. The van der Waals surface area contributed by atoms with Gasteiger partial charge in [-0.2, -0.15) is 0 Å². The minimum Gasteiger partial charge on any atom is -0.350 e. The van der Waals surface area contributed by atoms with Crippen LogP contribution >= 0.6 is 24.8 Å². The number of carbonyl (C=O) groups excluding carboxylic acids is 1. The van der Waals surface area contributed by atoms with Crippen LogP contribution in [0.25, 0.3) is 11.1 Å². The maximum Gasteiger partial charge on any atom is 0.252 e. The van der Waals surface area contributed by atoms with E-state index in [1.54, 1.807) is 12.4 Å². The van der Waals surface area contributed by atoms with E-state index in [0.29, 0.717) is 12.1 Å². The first-order valence-electron chi connectivity index (χ1n) is 6.94. The van der Waals surface area contributed by atoms with Gasteiger partial charge in [-0.25, -0.2) is 0 Å². The summed E-state index contributed by atoms with van der Waals surface area (Å²) in [6.45, 7) is 6.20. The molecule has 0 aliphatic carbocycles. The van der Waals surface area contributed by atoms with Crippen LogP contribution in [0.2, 0.25) is 0 Å². The summed E-state index contributed by atoms with van der Waals surface area (Å²) < 4.78 is 0. The Morgan fingerprint density at radius 2 is 1.74 bits per heavy atom. The molecule has 126 valence electrons. The number of nitrogens with zero attached hydrogens (tertiary/aromatic N) is 1. The van der Waals surface area contributed by atoms with Gasteiger partial charge in [0.2, 0.25) is 0 Å². The Labute approximate surface area is 149 Å². The predicted octanol–water partition coefficient (Wildman–Crippen LogP) is 3.37. The lowest BCUT2D eigenvalue weighted by atomic mass is 10.0. The first-order chi connectivity index (χ1) is 9.85. The number of aromatic nitrogens is 1. The van der Waals surface area contributed by atoms with Gasteiger partial charge in [0, 0.05) is 30.0 Å². The van der Waals surface area contributed by atoms with Crippen LogP contribution in [-0.2, 0) is 0 Å². The molecule has 0 bridgehead atoms. The summed E-state index contributed by atoms with van der Waals surface area (Å²) in [5.41, 5.74) is 9.14. The molecule has 0 unspecified atom stereocenters. The molecule has 0 radical (unpaired) electrons. The van der Waals surface area contributed by atoms with Gasteiger partial charge in [-0.15, -0.1) is 24.8 Å². The lowest BCUT2D eigenvalue weighted by molar-refractivity contribution is 0.0945. The third-order valence-corrected chi connectivity index (χ3v) is 3.09. The molecule has 0 spiro atoms. The van der Waals surface area contributed by atoms with Crippen LogP contribution in [0, 0.1) is 6.92 Å². The van der Waals surface area contributed by atoms with Crippen LogP contribution in [0.15, 0.2) is 42.7 Å². The van der Waals surface area contributed by atoms with Gasteiger partial charge in [0.25, 0.3) is 5.91 Å². The first kappa shape index (κ1) is 21.4. The molecule has 0 aliphatic heterocycles. The molecular formula is C17H23Cl2N3O. The Bertz CT molecular complexity index is 637. The first-order valence-corrected chi connectivity index (χ1v) is 6.94. The van der Waals surface area contributed by atoms with Crippen LogP contribution in [0.1, 0.15) is 29.8 Å². The highest BCUT2D eigenvalue weighted by atomic mass is 35.5. The summed E-state index contributed by atoms with van der Waals surface area (Å²) in [6.07, 6.45) is 3.32. The van der Waals surface area contributed by atoms with Gasteiger partial charge < -0.3 is 11.1 Å². The maximum absolute atomic E-state index is 12.1. The number of nitrogens with one attached hydrogen (secondary N) is 1. The second-order valence-corrected chi connectivity index (χ2v) is 6.00. The van der Waals surface area contributed by atoms with Crippen molar-refractivity contribution in [1.29, 1.82) is 0 Å². The number of carbonyl (C=O) groups is 1. The summed E-state index contributed by atoms with van der Waals surface area (Å²) in [4.78, 5) is 16.3. The standard InChI is InChI=1S/C17H21N3O.2ClH/c1-12-4-6-13(7-5-12)14-8-15(10-19-9-14)16(21)20-11-17(2,3)18;;/h4-10H,11,18H2,1-3H3,(H,20,21);2*1H. The van der Waals surface area contributed by atoms with Gasteiger partial charge in [-0.1, -0.05) is 29.8 Å². The monoisotopic (exact) mass is 355 g/mol. The van der Waals surface area contributed by atoms with Gasteiger partial charge >= 0.3 is 0 Å². The van der Waals surface area contributed by atoms with Gasteiger partial charge in [-0.3, -0.25) is 9.78 Å². The fourth-order valence-electron chi connectivity index (χ4n) is 1.88. The zero-order valence-corrected chi connectivity index (χ0v) is 15.1. The molecule has 2 rings (SSSR count). The Balaban J connectivity index is 0.00000242. The van der Waals surface area contributed by atoms with Gasteiger partial charge in [0.05, 0.1) is 5.56 Å². The Morgan fingerprint density at radius 3 is 2.30 bits per heavy atom. The fourth-order valence-corrected chi connectivity index (χ4v) is 1.88. The molecule has 1 amide bonds. The zero-order valence-electron chi connectivity index (χ0n) is 13.5. The number of nitrogens with two attached hydrogens (primary N) is 1. The second-order valence-electron chi connectivity index (χ2n) is 6.00. The SMILES string of the molecule is Cc1ccc(-c2cncc(C(=O)NCC(C)(C)N)c2)cc1.Cl.Cl. The number of pyridine rings is 1. The molecule has 1 heterocycles. The number of amides is 1. The van der Waals surface area contributed by atoms with Crippen molar-refractivity contribution >= 4 is 30.7 Å². The average Bonchev–Trinajstić information content (AvgIpc) is 2.45. The lowest BCUT2D eigenvalue weighted by Gasteiger charge is -2.18. The quantitative estimate of drug-likeness (QED) is 0.883. The minimum atomic E-state index is -0.433. The van der Waals surface area contributed by atoms with E-state index in [9.17, 15) is 4.79 Å². The van der Waals surface area contributed by atoms with Crippen molar-refractivity contribution in [3.63, 3.8) is 0 Å². The molecule has 0 aliphatic rings. The average molecular weight is 356 g/mol. The lowest BCUT2D eigenvalue weighted by Crippen LogP contribution is -2.45. The molecule has 1 aromatic heterocycles. The van der Waals surface area contributed by atoms with E-state index < -0.39 is 5.54 Å². The van der Waals surface area contributed by atoms with Crippen molar-refractivity contribution in [2.75, 3.05) is 6.54 Å². The number of benzene rings is 1. The molecule has 0 saturated carbocycles. The van der Waals surface area contributed by atoms with E-state index in [1.807, 2.05) is 51.1 Å². The molecule has 4 nitrogen and oxygen atoms in total. The van der Waals surface area contributed by atoms with E-state index in [-0.39, 0.29) is 30.7 Å². The van der Waals surface area contributed by atoms with E-state index in [1.165, 1.54) is 5.56 Å². The molecule has 2 aromatic rings. The van der Waals surface area contributed by atoms with Crippen molar-refractivity contribution in [2.24, 2.45) is 5.73 Å². The summed E-state index contributed by atoms with van der Waals surface area (Å²) in [6, 6.07) is 9.97. The molecular weight excluding hydrogens is 333 g/mol. The van der Waals surface area contributed by atoms with Crippen LogP contribution < -0.4 is 11.1 Å². The highest BCUT2D eigenvalue weighted by Crippen LogP contribution is 2.19. The van der Waals surface area contributed by atoms with Gasteiger partial charge in [0.1, 0.15) is 0 Å². The molecule has 0 fully saturated rings. The second kappa shape index (κ2) is 8.87. The maximum atomic E-state index is 12.1. The van der Waals surface area contributed by atoms with Crippen LogP contribution in [0.5, 0.6) is 0 Å². The largest absolute Gasteiger partial charge is 0.350 e. The predicted molar refractivity (Wildman–Crippen MR) is 99.5 cm³/mol. The number of hydrogen-bond acceptors (Lipinski definition) is 3. The smallest absolute Gasteiger partial charge is 0.252 e. The molecule has 3 N–H and O–H groups in total. The fraction of sp³-hybridized carbons (Fsp3) is 0.294. The Kier molecular flexibility index (Phi) is 8.24. The van der Waals surface area contributed by atoms with E-state index in [2.05, 4.69) is 10.3 Å². The molecule has 0 saturated heterocycles. The van der Waals surface area contributed by atoms with Crippen molar-refractivity contribution in [3.8, 4) is 11.1 Å². The number of rotatable bonds is 4. The van der Waals surface area contributed by atoms with Gasteiger partial charge in [0.15, 0.2) is 0 Å². The normalized spacial score (nSPS) is 10.3. The third kappa shape index (κ3) is 6.57. The van der Waals surface area contributed by atoms with E-state index in [0.717, 1.165) is 11.1 Å². The number of halogens is 2. The summed E-state index contributed by atoms with van der Waals surface area (Å²) >= 11 is 0. The zero-order chi connectivity index (χ0) is 15.5. The number of hydrogen-bond donors (Lipinski definition) is 2. The molecule has 0 atom stereocenters. The summed E-state index contributed by atoms with van der Waals surface area (Å²) in [5, 5.41) is 2.82.